The van der Waals surface area contributed by atoms with Crippen LogP contribution in [-0.4, -0.2) is 17.9 Å². The van der Waals surface area contributed by atoms with Crippen molar-refractivity contribution >= 4 is 38.8 Å². The number of thiophene rings is 1. The minimum atomic E-state index is -0.00836. The van der Waals surface area contributed by atoms with Gasteiger partial charge in [-0.1, -0.05) is 0 Å². The molecule has 0 saturated heterocycles. The van der Waals surface area contributed by atoms with Gasteiger partial charge in [-0.15, -0.1) is 11.3 Å². The molecule has 0 aromatic carbocycles. The number of nitrogen functional groups attached to an aromatic ring is 1. The van der Waals surface area contributed by atoms with Crippen molar-refractivity contribution in [3.8, 4) is 0 Å². The summed E-state index contributed by atoms with van der Waals surface area (Å²) in [4.78, 5) is 6.25. The zero-order valence-corrected chi connectivity index (χ0v) is 12.3. The fourth-order valence-corrected chi connectivity index (χ4v) is 2.77. The van der Waals surface area contributed by atoms with Crippen LogP contribution in [-0.2, 0) is 6.54 Å². The predicted molar refractivity (Wildman–Crippen MR) is 79.4 cm³/mol. The van der Waals surface area contributed by atoms with Crippen molar-refractivity contribution in [2.24, 2.45) is 5.73 Å². The maximum Gasteiger partial charge on any atom is 0.141 e. The molecular weight excluding hydrogens is 312 g/mol. The molecular formula is C12H13BrN4S. The Bertz CT molecular complexity index is 549. The molecule has 0 aliphatic carbocycles. The minimum Gasteiger partial charge on any atom is -0.382 e. The summed E-state index contributed by atoms with van der Waals surface area (Å²) in [6, 6.07) is 5.79. The van der Waals surface area contributed by atoms with Crippen LogP contribution in [0.1, 0.15) is 11.3 Å². The summed E-state index contributed by atoms with van der Waals surface area (Å²) in [7, 11) is 2.01. The van der Waals surface area contributed by atoms with Crippen LogP contribution < -0.4 is 10.6 Å². The van der Waals surface area contributed by atoms with Gasteiger partial charge in [-0.05, 0) is 45.1 Å². The van der Waals surface area contributed by atoms with E-state index in [0.717, 1.165) is 16.0 Å². The van der Waals surface area contributed by atoms with Crippen molar-refractivity contribution in [1.82, 2.24) is 4.98 Å². The van der Waals surface area contributed by atoms with E-state index in [2.05, 4.69) is 37.3 Å². The van der Waals surface area contributed by atoms with Gasteiger partial charge in [0.15, 0.2) is 0 Å². The van der Waals surface area contributed by atoms with Gasteiger partial charge in [0.05, 0.1) is 15.7 Å². The summed E-state index contributed by atoms with van der Waals surface area (Å²) in [5, 5.41) is 9.42. The van der Waals surface area contributed by atoms with Crippen LogP contribution in [0.15, 0.2) is 33.6 Å². The highest BCUT2D eigenvalue weighted by atomic mass is 79.9. The van der Waals surface area contributed by atoms with E-state index in [4.69, 9.17) is 11.1 Å². The van der Waals surface area contributed by atoms with E-state index in [1.165, 1.54) is 5.56 Å². The van der Waals surface area contributed by atoms with Crippen molar-refractivity contribution in [1.29, 1.82) is 5.41 Å². The highest BCUT2D eigenvalue weighted by molar-refractivity contribution is 9.11. The molecule has 0 amide bonds. The third-order valence-corrected chi connectivity index (χ3v) is 4.06. The number of nitrogens with zero attached hydrogens (tertiary/aromatic N) is 2. The molecule has 18 heavy (non-hydrogen) atoms. The van der Waals surface area contributed by atoms with Crippen LogP contribution in [0.3, 0.4) is 0 Å². The Hall–Kier alpha value is -1.40. The van der Waals surface area contributed by atoms with Crippen LogP contribution in [0, 0.1) is 5.41 Å². The molecule has 0 saturated carbocycles. The first-order valence-electron chi connectivity index (χ1n) is 5.31. The maximum absolute atomic E-state index is 7.29. The fraction of sp³-hybridized carbons (Fsp3) is 0.167. The smallest absolute Gasteiger partial charge is 0.141 e. The molecule has 0 unspecified atom stereocenters. The molecule has 0 fully saturated rings. The van der Waals surface area contributed by atoms with Crippen molar-refractivity contribution in [3.05, 3.63) is 44.8 Å². The van der Waals surface area contributed by atoms with Crippen LogP contribution in [0.2, 0.25) is 0 Å². The number of hydrogen-bond acceptors (Lipinski definition) is 4. The Morgan fingerprint density at radius 3 is 2.83 bits per heavy atom. The standard InChI is InChI=1S/C12H13BrN4S/c1-17(6-8-4-11(13)18-7-8)9-2-3-10(12(14)15)16-5-9/h2-5,7H,6H2,1H3,(H3,14,15). The summed E-state index contributed by atoms with van der Waals surface area (Å²) >= 11 is 5.13. The first-order valence-corrected chi connectivity index (χ1v) is 6.98. The number of rotatable bonds is 4. The number of amidine groups is 1. The number of aromatic nitrogens is 1. The normalized spacial score (nSPS) is 10.3. The van der Waals surface area contributed by atoms with Crippen molar-refractivity contribution < 1.29 is 0 Å². The van der Waals surface area contributed by atoms with Gasteiger partial charge in [-0.2, -0.15) is 0 Å². The first-order chi connectivity index (χ1) is 8.56. The van der Waals surface area contributed by atoms with E-state index in [9.17, 15) is 0 Å². The molecule has 4 nitrogen and oxygen atoms in total. The van der Waals surface area contributed by atoms with Gasteiger partial charge in [0.2, 0.25) is 0 Å². The topological polar surface area (TPSA) is 66.0 Å². The molecule has 0 bridgehead atoms. The highest BCUT2D eigenvalue weighted by Crippen LogP contribution is 2.23. The van der Waals surface area contributed by atoms with Gasteiger partial charge in [-0.3, -0.25) is 10.4 Å². The molecule has 0 spiro atoms. The summed E-state index contributed by atoms with van der Waals surface area (Å²) in [6.07, 6.45) is 1.73. The number of halogens is 1. The van der Waals surface area contributed by atoms with Crippen molar-refractivity contribution in [2.45, 2.75) is 6.54 Å². The molecule has 0 radical (unpaired) electrons. The molecule has 0 aliphatic rings. The average molecular weight is 325 g/mol. The Morgan fingerprint density at radius 1 is 1.56 bits per heavy atom. The molecule has 2 aromatic rings. The second-order valence-electron chi connectivity index (χ2n) is 3.93. The second kappa shape index (κ2) is 5.49. The molecule has 6 heteroatoms. The average Bonchev–Trinajstić information content (AvgIpc) is 2.75. The molecule has 2 heterocycles. The predicted octanol–water partition coefficient (Wildman–Crippen LogP) is 2.83. The number of anilines is 1. The van der Waals surface area contributed by atoms with E-state index < -0.39 is 0 Å². The summed E-state index contributed by atoms with van der Waals surface area (Å²) < 4.78 is 1.14. The largest absolute Gasteiger partial charge is 0.382 e. The van der Waals surface area contributed by atoms with E-state index >= 15 is 0 Å². The molecule has 0 aliphatic heterocycles. The van der Waals surface area contributed by atoms with E-state index in [-0.39, 0.29) is 5.84 Å². The van der Waals surface area contributed by atoms with Gasteiger partial charge in [0, 0.05) is 13.6 Å². The minimum absolute atomic E-state index is 0.00836. The quantitative estimate of drug-likeness (QED) is 0.671. The van der Waals surface area contributed by atoms with E-state index in [0.29, 0.717) is 5.69 Å². The Kier molecular flexibility index (Phi) is 3.98. The third kappa shape index (κ3) is 3.08. The maximum atomic E-state index is 7.29. The van der Waals surface area contributed by atoms with E-state index in [1.807, 2.05) is 13.1 Å². The SMILES string of the molecule is CN(Cc1csc(Br)c1)c1ccc(C(=N)N)nc1. The Labute approximate surface area is 118 Å². The molecule has 2 aromatic heterocycles. The van der Waals surface area contributed by atoms with Crippen molar-refractivity contribution in [3.63, 3.8) is 0 Å². The second-order valence-corrected chi connectivity index (χ2v) is 6.22. The first kappa shape index (κ1) is 13.0. The van der Waals surface area contributed by atoms with Crippen LogP contribution >= 0.6 is 27.3 Å². The Balaban J connectivity index is 2.09. The number of hydrogen-bond donors (Lipinski definition) is 2. The van der Waals surface area contributed by atoms with Gasteiger partial charge in [-0.25, -0.2) is 0 Å². The lowest BCUT2D eigenvalue weighted by atomic mass is 10.2. The lowest BCUT2D eigenvalue weighted by Crippen LogP contribution is -2.17. The van der Waals surface area contributed by atoms with Crippen LogP contribution in [0.25, 0.3) is 0 Å². The number of nitrogens with two attached hydrogens (primary N) is 1. The summed E-state index contributed by atoms with van der Waals surface area (Å²) in [5.41, 5.74) is 8.13. The molecule has 3 N–H and O–H groups in total. The third-order valence-electron chi connectivity index (χ3n) is 2.51. The lowest BCUT2D eigenvalue weighted by molar-refractivity contribution is 0.921. The fourth-order valence-electron chi connectivity index (χ4n) is 1.57. The van der Waals surface area contributed by atoms with Gasteiger partial charge in [0.25, 0.3) is 0 Å². The van der Waals surface area contributed by atoms with Gasteiger partial charge < -0.3 is 10.6 Å². The molecule has 0 atom stereocenters. The molecule has 2 rings (SSSR count). The van der Waals surface area contributed by atoms with Crippen LogP contribution in [0.4, 0.5) is 5.69 Å². The number of pyridine rings is 1. The monoisotopic (exact) mass is 324 g/mol. The zero-order valence-electron chi connectivity index (χ0n) is 9.85. The molecule has 94 valence electrons. The number of nitrogens with one attached hydrogen (secondary N) is 1. The van der Waals surface area contributed by atoms with Gasteiger partial charge >= 0.3 is 0 Å². The lowest BCUT2D eigenvalue weighted by Gasteiger charge is -2.18. The van der Waals surface area contributed by atoms with Crippen LogP contribution in [0.5, 0.6) is 0 Å². The van der Waals surface area contributed by atoms with Gasteiger partial charge in [0.1, 0.15) is 11.5 Å². The highest BCUT2D eigenvalue weighted by Gasteiger charge is 2.05. The van der Waals surface area contributed by atoms with E-state index in [1.54, 1.807) is 23.6 Å². The summed E-state index contributed by atoms with van der Waals surface area (Å²) in [6.45, 7) is 0.823. The Morgan fingerprint density at radius 2 is 2.33 bits per heavy atom. The zero-order chi connectivity index (χ0) is 13.1. The summed E-state index contributed by atoms with van der Waals surface area (Å²) in [5.74, 6) is -0.00836. The van der Waals surface area contributed by atoms with Crippen molar-refractivity contribution in [2.75, 3.05) is 11.9 Å².